The molecule has 226 valence electrons. The van der Waals surface area contributed by atoms with E-state index in [4.69, 9.17) is 0 Å². The van der Waals surface area contributed by atoms with Crippen LogP contribution in [0.25, 0.3) is 10.9 Å². The smallest absolute Gasteiger partial charge is 0.264 e. The first-order valence-electron chi connectivity index (χ1n) is 15.9. The van der Waals surface area contributed by atoms with Gasteiger partial charge in [-0.05, 0) is 107 Å². The van der Waals surface area contributed by atoms with Crippen molar-refractivity contribution >= 4 is 34.3 Å². The quantitative estimate of drug-likeness (QED) is 0.225. The van der Waals surface area contributed by atoms with Gasteiger partial charge in [0.15, 0.2) is 0 Å². The van der Waals surface area contributed by atoms with Gasteiger partial charge in [-0.1, -0.05) is 6.07 Å². The van der Waals surface area contributed by atoms with Gasteiger partial charge in [0.2, 0.25) is 17.7 Å². The Labute approximate surface area is 246 Å². The molecule has 4 aliphatic carbocycles. The van der Waals surface area contributed by atoms with Crippen molar-refractivity contribution in [3.8, 4) is 0 Å². The summed E-state index contributed by atoms with van der Waals surface area (Å²) in [6, 6.07) is 4.57. The van der Waals surface area contributed by atoms with Gasteiger partial charge in [0.05, 0.1) is 10.9 Å². The highest BCUT2D eigenvalue weighted by Crippen LogP contribution is 2.59. The summed E-state index contributed by atoms with van der Waals surface area (Å²) in [7, 11) is 0. The molecule has 1 unspecified atom stereocenters. The third kappa shape index (κ3) is 6.09. The molecular formula is C32H44N6O4. The van der Waals surface area contributed by atoms with Crippen LogP contribution in [-0.4, -0.2) is 53.5 Å². The zero-order valence-electron chi connectivity index (χ0n) is 24.7. The van der Waals surface area contributed by atoms with E-state index in [0.29, 0.717) is 40.9 Å². The van der Waals surface area contributed by atoms with Crippen LogP contribution in [-0.2, 0) is 14.4 Å². The number of imide groups is 1. The summed E-state index contributed by atoms with van der Waals surface area (Å²) in [4.78, 5) is 54.6. The predicted molar refractivity (Wildman–Crippen MR) is 161 cm³/mol. The standard InChI is InChI=1S/C32H44N6O4/c1-20-36-25-6-4-5-24(29(25)31(42)38(20)26-7-8-28(40)37-30(26)41)34-12-9-27(39)35-11-3-2-10-33-19-32-16-21-13-22(17-32)15-23(14-21)18-32/h4-6,21-23,26,33-34H,2-3,7-19H2,1H3,(H,35,39)(H,37,40,41). The van der Waals surface area contributed by atoms with Crippen molar-refractivity contribution in [2.45, 2.75) is 83.6 Å². The molecule has 1 aliphatic heterocycles. The number of hydrogen-bond acceptors (Lipinski definition) is 7. The second kappa shape index (κ2) is 12.1. The molecule has 4 saturated carbocycles. The van der Waals surface area contributed by atoms with E-state index in [1.807, 2.05) is 6.07 Å². The highest BCUT2D eigenvalue weighted by molar-refractivity contribution is 5.99. The molecule has 2 heterocycles. The van der Waals surface area contributed by atoms with Gasteiger partial charge < -0.3 is 16.0 Å². The molecule has 5 aliphatic rings. The summed E-state index contributed by atoms with van der Waals surface area (Å²) in [5.41, 5.74) is 1.32. The first-order chi connectivity index (χ1) is 20.3. The van der Waals surface area contributed by atoms with E-state index in [1.54, 1.807) is 19.1 Å². The molecule has 4 bridgehead atoms. The summed E-state index contributed by atoms with van der Waals surface area (Å²) in [6.45, 7) is 4.88. The Balaban J connectivity index is 0.938. The molecule has 3 amide bonds. The molecule has 0 spiro atoms. The van der Waals surface area contributed by atoms with Crippen molar-refractivity contribution in [3.05, 3.63) is 34.4 Å². The maximum Gasteiger partial charge on any atom is 0.264 e. The van der Waals surface area contributed by atoms with Gasteiger partial charge in [0, 0.05) is 38.2 Å². The summed E-state index contributed by atoms with van der Waals surface area (Å²) in [5.74, 6) is 2.53. The van der Waals surface area contributed by atoms with E-state index < -0.39 is 11.9 Å². The van der Waals surface area contributed by atoms with E-state index in [2.05, 4.69) is 26.3 Å². The lowest BCUT2D eigenvalue weighted by atomic mass is 9.49. The van der Waals surface area contributed by atoms with Crippen molar-refractivity contribution in [1.82, 2.24) is 25.5 Å². The van der Waals surface area contributed by atoms with E-state index in [-0.39, 0.29) is 36.6 Å². The maximum atomic E-state index is 13.5. The number of piperidine rings is 1. The fraction of sp³-hybridized carbons (Fsp3) is 0.656. The van der Waals surface area contributed by atoms with Crippen LogP contribution >= 0.6 is 0 Å². The monoisotopic (exact) mass is 576 g/mol. The van der Waals surface area contributed by atoms with Crippen molar-refractivity contribution < 1.29 is 14.4 Å². The van der Waals surface area contributed by atoms with Crippen LogP contribution in [0.4, 0.5) is 5.69 Å². The lowest BCUT2D eigenvalue weighted by molar-refractivity contribution is -0.135. The molecule has 2 aromatic rings. The minimum atomic E-state index is -0.779. The van der Waals surface area contributed by atoms with E-state index in [0.717, 1.165) is 43.7 Å². The third-order valence-corrected chi connectivity index (χ3v) is 10.1. The average Bonchev–Trinajstić information content (AvgIpc) is 2.93. The van der Waals surface area contributed by atoms with E-state index >= 15 is 0 Å². The highest BCUT2D eigenvalue weighted by Gasteiger charge is 2.50. The van der Waals surface area contributed by atoms with Crippen LogP contribution in [0.5, 0.6) is 0 Å². The normalized spacial score (nSPS) is 28.2. The Hall–Kier alpha value is -3.27. The van der Waals surface area contributed by atoms with E-state index in [9.17, 15) is 19.2 Å². The van der Waals surface area contributed by atoms with Gasteiger partial charge in [-0.25, -0.2) is 4.98 Å². The van der Waals surface area contributed by atoms with Gasteiger partial charge in [-0.2, -0.15) is 0 Å². The second-order valence-corrected chi connectivity index (χ2v) is 13.3. The van der Waals surface area contributed by atoms with Gasteiger partial charge in [0.25, 0.3) is 5.56 Å². The number of rotatable bonds is 12. The first kappa shape index (κ1) is 28.8. The number of benzene rings is 1. The molecule has 1 aromatic heterocycles. The molecule has 1 aromatic carbocycles. The zero-order valence-corrected chi connectivity index (χ0v) is 24.7. The van der Waals surface area contributed by atoms with Gasteiger partial charge in [0.1, 0.15) is 11.9 Å². The molecule has 42 heavy (non-hydrogen) atoms. The second-order valence-electron chi connectivity index (χ2n) is 13.3. The van der Waals surface area contributed by atoms with E-state index in [1.165, 1.54) is 43.1 Å². The number of aryl methyl sites for hydroxylation is 1. The summed E-state index contributed by atoms with van der Waals surface area (Å²) < 4.78 is 1.37. The number of aromatic nitrogens is 2. The van der Waals surface area contributed by atoms with Crippen molar-refractivity contribution in [3.63, 3.8) is 0 Å². The number of unbranched alkanes of at least 4 members (excludes halogenated alkanes) is 1. The molecule has 10 heteroatoms. The molecule has 1 saturated heterocycles. The highest BCUT2D eigenvalue weighted by atomic mass is 16.2. The van der Waals surface area contributed by atoms with Crippen LogP contribution in [0, 0.1) is 30.1 Å². The Bertz CT molecular complexity index is 1380. The van der Waals surface area contributed by atoms with Crippen molar-refractivity contribution in [1.29, 1.82) is 0 Å². The Morgan fingerprint density at radius 3 is 2.45 bits per heavy atom. The lowest BCUT2D eigenvalue weighted by Gasteiger charge is -2.57. The number of carbonyl (C=O) groups is 3. The van der Waals surface area contributed by atoms with Crippen LogP contribution in [0.1, 0.15) is 82.5 Å². The maximum absolute atomic E-state index is 13.5. The molecular weight excluding hydrogens is 532 g/mol. The minimum absolute atomic E-state index is 0.0285. The van der Waals surface area contributed by atoms with Crippen molar-refractivity contribution in [2.24, 2.45) is 23.2 Å². The Morgan fingerprint density at radius 1 is 1.02 bits per heavy atom. The lowest BCUT2D eigenvalue weighted by Crippen LogP contribution is -2.50. The first-order valence-corrected chi connectivity index (χ1v) is 15.9. The van der Waals surface area contributed by atoms with Crippen molar-refractivity contribution in [2.75, 3.05) is 31.5 Å². The average molecular weight is 577 g/mol. The van der Waals surface area contributed by atoms with Gasteiger partial charge in [-0.15, -0.1) is 0 Å². The number of fused-ring (bicyclic) bond motifs is 1. The fourth-order valence-corrected chi connectivity index (χ4v) is 8.66. The minimum Gasteiger partial charge on any atom is -0.384 e. The predicted octanol–water partition coefficient (Wildman–Crippen LogP) is 3.19. The third-order valence-electron chi connectivity index (χ3n) is 10.1. The fourth-order valence-electron chi connectivity index (χ4n) is 8.66. The van der Waals surface area contributed by atoms with Crippen LogP contribution in [0.3, 0.4) is 0 Å². The molecule has 0 radical (unpaired) electrons. The molecule has 7 rings (SSSR count). The molecule has 5 fully saturated rings. The Morgan fingerprint density at radius 2 is 1.74 bits per heavy atom. The largest absolute Gasteiger partial charge is 0.384 e. The van der Waals surface area contributed by atoms with Gasteiger partial charge >= 0.3 is 0 Å². The van der Waals surface area contributed by atoms with Crippen LogP contribution in [0.2, 0.25) is 0 Å². The molecule has 4 N–H and O–H groups in total. The summed E-state index contributed by atoms with van der Waals surface area (Å²) in [6.07, 6.45) is 11.4. The topological polar surface area (TPSA) is 134 Å². The van der Waals surface area contributed by atoms with Crippen LogP contribution < -0.4 is 26.8 Å². The Kier molecular flexibility index (Phi) is 8.34. The van der Waals surface area contributed by atoms with Gasteiger partial charge in [-0.3, -0.25) is 29.1 Å². The molecule has 1 atom stereocenters. The SMILES string of the molecule is Cc1nc2cccc(NCCC(=O)NCCCCNCC34CC5CC(CC(C5)C3)C4)c2c(=O)n1C1CCC(=O)NC1=O. The number of amides is 3. The number of carbonyl (C=O) groups excluding carboxylic acids is 3. The number of hydrogen-bond donors (Lipinski definition) is 4. The number of nitrogens with one attached hydrogen (secondary N) is 4. The number of anilines is 1. The summed E-state index contributed by atoms with van der Waals surface area (Å²) >= 11 is 0. The molecule has 10 nitrogen and oxygen atoms in total. The zero-order chi connectivity index (χ0) is 29.3. The van der Waals surface area contributed by atoms with Crippen LogP contribution in [0.15, 0.2) is 23.0 Å². The summed E-state index contributed by atoms with van der Waals surface area (Å²) in [5, 5.41) is 12.7. The number of nitrogens with zero attached hydrogens (tertiary/aromatic N) is 2.